The van der Waals surface area contributed by atoms with Gasteiger partial charge >= 0.3 is 0 Å². The Morgan fingerprint density at radius 3 is 2.37 bits per heavy atom. The highest BCUT2D eigenvalue weighted by molar-refractivity contribution is 9.10. The van der Waals surface area contributed by atoms with E-state index >= 15 is 0 Å². The number of nitrogens with one attached hydrogen (secondary N) is 1. The first kappa shape index (κ1) is 24.5. The van der Waals surface area contributed by atoms with Crippen molar-refractivity contribution in [3.05, 3.63) is 69.7 Å². The minimum atomic E-state index is -0.560. The Bertz CT molecular complexity index is 862. The van der Waals surface area contributed by atoms with E-state index in [-0.39, 0.29) is 17.4 Å². The fraction of sp³-hybridized carbons (Fsp3) is 0.417. The van der Waals surface area contributed by atoms with Gasteiger partial charge in [0.05, 0.1) is 5.75 Å². The van der Waals surface area contributed by atoms with Crippen LogP contribution < -0.4 is 5.32 Å². The van der Waals surface area contributed by atoms with Crippen LogP contribution in [0.5, 0.6) is 0 Å². The molecule has 1 N–H and O–H groups in total. The van der Waals surface area contributed by atoms with E-state index in [1.54, 1.807) is 23.6 Å². The van der Waals surface area contributed by atoms with Crippen LogP contribution in [0.2, 0.25) is 0 Å². The summed E-state index contributed by atoms with van der Waals surface area (Å²) in [4.78, 5) is 27.5. The molecule has 0 fully saturated rings. The molecule has 0 spiro atoms. The third-order valence-corrected chi connectivity index (χ3v) is 6.00. The van der Waals surface area contributed by atoms with Crippen molar-refractivity contribution in [2.24, 2.45) is 0 Å². The molecular formula is C24H31BrN2O2S. The van der Waals surface area contributed by atoms with Crippen molar-refractivity contribution in [2.45, 2.75) is 58.5 Å². The average molecular weight is 491 g/mol. The fourth-order valence-corrected chi connectivity index (χ4v) is 4.23. The lowest BCUT2D eigenvalue weighted by atomic mass is 10.1. The van der Waals surface area contributed by atoms with Gasteiger partial charge in [0.1, 0.15) is 6.04 Å². The van der Waals surface area contributed by atoms with E-state index in [1.165, 1.54) is 11.1 Å². The van der Waals surface area contributed by atoms with Crippen molar-refractivity contribution >= 4 is 39.5 Å². The van der Waals surface area contributed by atoms with Gasteiger partial charge in [-0.3, -0.25) is 9.59 Å². The molecule has 2 aromatic carbocycles. The van der Waals surface area contributed by atoms with Gasteiger partial charge in [0, 0.05) is 22.3 Å². The first-order valence-corrected chi connectivity index (χ1v) is 12.0. The molecule has 6 heteroatoms. The van der Waals surface area contributed by atoms with Crippen LogP contribution >= 0.6 is 27.7 Å². The number of rotatable bonds is 8. The quantitative estimate of drug-likeness (QED) is 0.544. The molecule has 1 atom stereocenters. The highest BCUT2D eigenvalue weighted by Crippen LogP contribution is 2.18. The minimum Gasteiger partial charge on any atom is -0.350 e. The van der Waals surface area contributed by atoms with Crippen molar-refractivity contribution in [3.8, 4) is 0 Å². The van der Waals surface area contributed by atoms with Crippen LogP contribution in [0.1, 0.15) is 44.4 Å². The van der Waals surface area contributed by atoms with Crippen LogP contribution in [0.15, 0.2) is 53.0 Å². The van der Waals surface area contributed by atoms with Crippen LogP contribution in [0, 0.1) is 6.92 Å². The van der Waals surface area contributed by atoms with E-state index in [2.05, 4.69) is 52.4 Å². The monoisotopic (exact) mass is 490 g/mol. The van der Waals surface area contributed by atoms with Crippen LogP contribution in [-0.2, 0) is 21.9 Å². The zero-order chi connectivity index (χ0) is 22.3. The Balaban J connectivity index is 2.09. The number of halogens is 1. The van der Waals surface area contributed by atoms with Crippen molar-refractivity contribution in [1.29, 1.82) is 0 Å². The minimum absolute atomic E-state index is 0.0383. The summed E-state index contributed by atoms with van der Waals surface area (Å²) in [6.45, 7) is 10.1. The standard InChI is InChI=1S/C24H31BrN2O2S/c1-17-9-11-19(12-10-17)15-30-16-22(28)27(14-20-7-6-8-21(25)13-20)18(2)23(29)26-24(3,4)5/h6-13,18H,14-16H2,1-5H3,(H,26,29)/t18-/m1/s1. The number of carbonyl (C=O) groups excluding carboxylic acids is 2. The predicted octanol–water partition coefficient (Wildman–Crippen LogP) is 5.32. The molecule has 30 heavy (non-hydrogen) atoms. The molecule has 0 saturated heterocycles. The second-order valence-electron chi connectivity index (χ2n) is 8.55. The third kappa shape index (κ3) is 8.15. The largest absolute Gasteiger partial charge is 0.350 e. The summed E-state index contributed by atoms with van der Waals surface area (Å²) < 4.78 is 0.952. The summed E-state index contributed by atoms with van der Waals surface area (Å²) in [6.07, 6.45) is 0. The number of nitrogens with zero attached hydrogens (tertiary/aromatic N) is 1. The third-order valence-electron chi connectivity index (χ3n) is 4.52. The molecule has 0 aliphatic heterocycles. The molecule has 0 bridgehead atoms. The maximum atomic E-state index is 13.1. The molecule has 162 valence electrons. The van der Waals surface area contributed by atoms with Crippen molar-refractivity contribution in [3.63, 3.8) is 0 Å². The molecule has 2 amide bonds. The molecule has 0 aromatic heterocycles. The summed E-state index contributed by atoms with van der Waals surface area (Å²) in [5.41, 5.74) is 3.04. The van der Waals surface area contributed by atoms with Gasteiger partial charge in [-0.1, -0.05) is 57.9 Å². The van der Waals surface area contributed by atoms with Gasteiger partial charge in [0.15, 0.2) is 0 Å². The maximum absolute atomic E-state index is 13.1. The van der Waals surface area contributed by atoms with E-state index in [1.807, 2.05) is 45.0 Å². The molecule has 0 unspecified atom stereocenters. The van der Waals surface area contributed by atoms with Crippen LogP contribution in [0.4, 0.5) is 0 Å². The van der Waals surface area contributed by atoms with E-state index < -0.39 is 6.04 Å². The summed E-state index contributed by atoms with van der Waals surface area (Å²) >= 11 is 5.05. The molecule has 0 aliphatic carbocycles. The van der Waals surface area contributed by atoms with Crippen LogP contribution in [-0.4, -0.2) is 34.0 Å². The van der Waals surface area contributed by atoms with Crippen LogP contribution in [0.25, 0.3) is 0 Å². The maximum Gasteiger partial charge on any atom is 0.242 e. The van der Waals surface area contributed by atoms with Gasteiger partial charge in [0.2, 0.25) is 11.8 Å². The van der Waals surface area contributed by atoms with Crippen molar-refractivity contribution in [1.82, 2.24) is 10.2 Å². The summed E-state index contributed by atoms with van der Waals surface area (Å²) in [5, 5.41) is 2.99. The summed E-state index contributed by atoms with van der Waals surface area (Å²) in [5.74, 6) is 0.909. The van der Waals surface area contributed by atoms with Crippen LogP contribution in [0.3, 0.4) is 0 Å². The highest BCUT2D eigenvalue weighted by Gasteiger charge is 2.28. The molecule has 2 aromatic rings. The van der Waals surface area contributed by atoms with E-state index in [4.69, 9.17) is 0 Å². The Kier molecular flexibility index (Phi) is 8.98. The molecule has 0 radical (unpaired) electrons. The normalized spacial score (nSPS) is 12.3. The number of benzene rings is 2. The summed E-state index contributed by atoms with van der Waals surface area (Å²) in [7, 11) is 0. The fourth-order valence-electron chi connectivity index (χ4n) is 2.91. The van der Waals surface area contributed by atoms with Gasteiger partial charge < -0.3 is 10.2 Å². The van der Waals surface area contributed by atoms with Gasteiger partial charge in [-0.05, 0) is 57.9 Å². The molecule has 0 aliphatic rings. The van der Waals surface area contributed by atoms with E-state index in [0.717, 1.165) is 15.8 Å². The SMILES string of the molecule is Cc1ccc(CSCC(=O)N(Cc2cccc(Br)c2)[C@H](C)C(=O)NC(C)(C)C)cc1. The lowest BCUT2D eigenvalue weighted by Gasteiger charge is -2.31. The Labute approximate surface area is 192 Å². The second kappa shape index (κ2) is 11.0. The molecule has 2 rings (SSSR count). The van der Waals surface area contributed by atoms with Gasteiger partial charge in [0.25, 0.3) is 0 Å². The van der Waals surface area contributed by atoms with Gasteiger partial charge in [-0.15, -0.1) is 11.8 Å². The molecule has 0 saturated carbocycles. The smallest absolute Gasteiger partial charge is 0.242 e. The molecule has 4 nitrogen and oxygen atoms in total. The number of hydrogen-bond donors (Lipinski definition) is 1. The first-order valence-electron chi connectivity index (χ1n) is 10.0. The second-order valence-corrected chi connectivity index (χ2v) is 10.4. The average Bonchev–Trinajstić information content (AvgIpc) is 2.65. The van der Waals surface area contributed by atoms with Crippen molar-refractivity contribution in [2.75, 3.05) is 5.75 Å². The highest BCUT2D eigenvalue weighted by atomic mass is 79.9. The predicted molar refractivity (Wildman–Crippen MR) is 129 cm³/mol. The lowest BCUT2D eigenvalue weighted by molar-refractivity contribution is -0.139. The van der Waals surface area contributed by atoms with E-state index in [9.17, 15) is 9.59 Å². The van der Waals surface area contributed by atoms with Crippen molar-refractivity contribution < 1.29 is 9.59 Å². The number of hydrogen-bond acceptors (Lipinski definition) is 3. The number of aryl methyl sites for hydroxylation is 1. The van der Waals surface area contributed by atoms with Gasteiger partial charge in [-0.25, -0.2) is 0 Å². The lowest BCUT2D eigenvalue weighted by Crippen LogP contribution is -2.52. The van der Waals surface area contributed by atoms with Gasteiger partial charge in [-0.2, -0.15) is 0 Å². The first-order chi connectivity index (χ1) is 14.0. The Morgan fingerprint density at radius 1 is 1.10 bits per heavy atom. The van der Waals surface area contributed by atoms with E-state index in [0.29, 0.717) is 12.3 Å². The zero-order valence-electron chi connectivity index (χ0n) is 18.4. The Hall–Kier alpha value is -1.79. The number of amides is 2. The summed E-state index contributed by atoms with van der Waals surface area (Å²) in [6, 6.07) is 15.6. The zero-order valence-corrected chi connectivity index (χ0v) is 20.8. The number of carbonyl (C=O) groups is 2. The Morgan fingerprint density at radius 2 is 1.77 bits per heavy atom. The number of thioether (sulfide) groups is 1. The molecular weight excluding hydrogens is 460 g/mol. The topological polar surface area (TPSA) is 49.4 Å². The molecule has 0 heterocycles.